The molecule has 0 aliphatic carbocycles. The number of hydrogen-bond acceptors (Lipinski definition) is 3. The summed E-state index contributed by atoms with van der Waals surface area (Å²) < 4.78 is 4.72. The number of ether oxygens (including phenoxy) is 1. The number of aliphatic hydroxyl groups is 1. The molecule has 1 atom stereocenters. The Balaban J connectivity index is 2.41. The van der Waals surface area contributed by atoms with E-state index in [0.717, 1.165) is 5.56 Å². The first-order chi connectivity index (χ1) is 6.72. The van der Waals surface area contributed by atoms with Crippen molar-refractivity contribution in [2.45, 2.75) is 26.1 Å². The molecular weight excluding hydrogens is 180 g/mol. The monoisotopic (exact) mass is 194 g/mol. The minimum atomic E-state index is -1.04. The van der Waals surface area contributed by atoms with Crippen LogP contribution in [0.5, 0.6) is 0 Å². The first-order valence-corrected chi connectivity index (χ1v) is 4.64. The largest absolute Gasteiger partial charge is 0.436 e. The van der Waals surface area contributed by atoms with Gasteiger partial charge in [0.05, 0.1) is 0 Å². The molecule has 3 heteroatoms. The Morgan fingerprint density at radius 2 is 2.07 bits per heavy atom. The topological polar surface area (TPSA) is 46.5 Å². The highest BCUT2D eigenvalue weighted by Crippen LogP contribution is 2.04. The molecule has 0 bridgehead atoms. The maximum absolute atomic E-state index is 10.8. The van der Waals surface area contributed by atoms with Crippen LogP contribution in [0.4, 0.5) is 0 Å². The van der Waals surface area contributed by atoms with Gasteiger partial charge in [-0.2, -0.15) is 0 Å². The van der Waals surface area contributed by atoms with E-state index in [4.69, 9.17) is 4.74 Å². The predicted octanol–water partition coefficient (Wildman–Crippen LogP) is 1.50. The van der Waals surface area contributed by atoms with E-state index in [-0.39, 0.29) is 12.4 Å². The van der Waals surface area contributed by atoms with Crippen molar-refractivity contribution < 1.29 is 14.6 Å². The third-order valence-electron chi connectivity index (χ3n) is 1.81. The molecule has 1 aromatic rings. The van der Waals surface area contributed by atoms with Gasteiger partial charge >= 0.3 is 5.97 Å². The van der Waals surface area contributed by atoms with Gasteiger partial charge in [0.1, 0.15) is 0 Å². The molecule has 0 aliphatic rings. The zero-order valence-corrected chi connectivity index (χ0v) is 8.14. The molecule has 0 saturated heterocycles. The molecule has 14 heavy (non-hydrogen) atoms. The lowest BCUT2D eigenvalue weighted by atomic mass is 10.1. The van der Waals surface area contributed by atoms with Gasteiger partial charge in [0.15, 0.2) is 0 Å². The fourth-order valence-electron chi connectivity index (χ4n) is 1.09. The van der Waals surface area contributed by atoms with E-state index in [2.05, 4.69) is 0 Å². The van der Waals surface area contributed by atoms with Gasteiger partial charge in [-0.1, -0.05) is 37.3 Å². The molecule has 1 unspecified atom stereocenters. The molecule has 0 radical (unpaired) electrons. The fraction of sp³-hybridized carbons (Fsp3) is 0.364. The van der Waals surface area contributed by atoms with Crippen LogP contribution >= 0.6 is 0 Å². The zero-order valence-electron chi connectivity index (χ0n) is 8.14. The van der Waals surface area contributed by atoms with Crippen molar-refractivity contribution in [2.75, 3.05) is 0 Å². The van der Waals surface area contributed by atoms with Crippen molar-refractivity contribution in [3.63, 3.8) is 0 Å². The standard InChI is InChI=1S/C11H14O3/c1-2-10(12)14-11(13)8-9-6-4-3-5-7-9/h3-7,11,13H,2,8H2,1H3. The summed E-state index contributed by atoms with van der Waals surface area (Å²) >= 11 is 0. The Morgan fingerprint density at radius 1 is 1.43 bits per heavy atom. The third kappa shape index (κ3) is 3.58. The lowest BCUT2D eigenvalue weighted by molar-refractivity contribution is -0.166. The van der Waals surface area contributed by atoms with E-state index in [0.29, 0.717) is 6.42 Å². The Labute approximate surface area is 83.3 Å². The number of carbonyl (C=O) groups is 1. The minimum absolute atomic E-state index is 0.284. The van der Waals surface area contributed by atoms with Crippen molar-refractivity contribution in [1.82, 2.24) is 0 Å². The van der Waals surface area contributed by atoms with E-state index >= 15 is 0 Å². The van der Waals surface area contributed by atoms with E-state index in [1.54, 1.807) is 6.92 Å². The van der Waals surface area contributed by atoms with Crippen LogP contribution in [-0.2, 0) is 16.0 Å². The van der Waals surface area contributed by atoms with Crippen molar-refractivity contribution >= 4 is 5.97 Å². The highest BCUT2D eigenvalue weighted by molar-refractivity contribution is 5.68. The van der Waals surface area contributed by atoms with E-state index in [1.807, 2.05) is 30.3 Å². The Morgan fingerprint density at radius 3 is 2.64 bits per heavy atom. The summed E-state index contributed by atoms with van der Waals surface area (Å²) in [4.78, 5) is 10.8. The normalized spacial score (nSPS) is 12.1. The van der Waals surface area contributed by atoms with Crippen LogP contribution in [0, 0.1) is 0 Å². The second kappa shape index (κ2) is 5.40. The van der Waals surface area contributed by atoms with Crippen LogP contribution in [0.3, 0.4) is 0 Å². The summed E-state index contributed by atoms with van der Waals surface area (Å²) in [6.07, 6.45) is -0.414. The summed E-state index contributed by atoms with van der Waals surface area (Å²) in [6, 6.07) is 9.41. The number of hydrogen-bond donors (Lipinski definition) is 1. The summed E-state index contributed by atoms with van der Waals surface area (Å²) in [7, 11) is 0. The molecular formula is C11H14O3. The van der Waals surface area contributed by atoms with Crippen LogP contribution in [0.15, 0.2) is 30.3 Å². The van der Waals surface area contributed by atoms with Gasteiger partial charge in [-0.15, -0.1) is 0 Å². The van der Waals surface area contributed by atoms with Gasteiger partial charge in [0.2, 0.25) is 6.29 Å². The average Bonchev–Trinajstić information content (AvgIpc) is 2.19. The predicted molar refractivity (Wildman–Crippen MR) is 52.5 cm³/mol. The summed E-state index contributed by atoms with van der Waals surface area (Å²) in [5, 5.41) is 9.36. The third-order valence-corrected chi connectivity index (χ3v) is 1.81. The second-order valence-electron chi connectivity index (χ2n) is 2.99. The maximum Gasteiger partial charge on any atom is 0.307 e. The number of rotatable bonds is 4. The molecule has 0 fully saturated rings. The van der Waals surface area contributed by atoms with Crippen molar-refractivity contribution in [3.05, 3.63) is 35.9 Å². The molecule has 0 heterocycles. The molecule has 1 aromatic carbocycles. The van der Waals surface area contributed by atoms with E-state index in [1.165, 1.54) is 0 Å². The van der Waals surface area contributed by atoms with Crippen LogP contribution in [0.25, 0.3) is 0 Å². The van der Waals surface area contributed by atoms with Gasteiger partial charge in [0, 0.05) is 12.8 Å². The molecule has 76 valence electrons. The zero-order chi connectivity index (χ0) is 10.4. The smallest absolute Gasteiger partial charge is 0.307 e. The quantitative estimate of drug-likeness (QED) is 0.583. The second-order valence-corrected chi connectivity index (χ2v) is 2.99. The molecule has 0 saturated carbocycles. The Bertz CT molecular complexity index is 282. The van der Waals surface area contributed by atoms with Crippen molar-refractivity contribution in [3.8, 4) is 0 Å². The van der Waals surface area contributed by atoms with Crippen LogP contribution in [-0.4, -0.2) is 17.4 Å². The number of aliphatic hydroxyl groups excluding tert-OH is 1. The lowest BCUT2D eigenvalue weighted by Crippen LogP contribution is -2.19. The molecule has 0 aliphatic heterocycles. The highest BCUT2D eigenvalue weighted by atomic mass is 16.6. The number of esters is 1. The number of carbonyl (C=O) groups excluding carboxylic acids is 1. The summed E-state index contributed by atoms with van der Waals surface area (Å²) in [6.45, 7) is 1.69. The van der Waals surface area contributed by atoms with Crippen LogP contribution in [0.2, 0.25) is 0 Å². The average molecular weight is 194 g/mol. The highest BCUT2D eigenvalue weighted by Gasteiger charge is 2.09. The summed E-state index contributed by atoms with van der Waals surface area (Å²) in [5.74, 6) is -0.381. The molecule has 1 N–H and O–H groups in total. The fourth-order valence-corrected chi connectivity index (χ4v) is 1.09. The number of benzene rings is 1. The van der Waals surface area contributed by atoms with Gasteiger partial charge in [-0.25, -0.2) is 0 Å². The molecule has 0 spiro atoms. The SMILES string of the molecule is CCC(=O)OC(O)Cc1ccccc1. The maximum atomic E-state index is 10.8. The van der Waals surface area contributed by atoms with Crippen LogP contribution < -0.4 is 0 Å². The minimum Gasteiger partial charge on any atom is -0.436 e. The molecule has 3 nitrogen and oxygen atoms in total. The summed E-state index contributed by atoms with van der Waals surface area (Å²) in [5.41, 5.74) is 0.948. The van der Waals surface area contributed by atoms with E-state index in [9.17, 15) is 9.90 Å². The van der Waals surface area contributed by atoms with E-state index < -0.39 is 6.29 Å². The Hall–Kier alpha value is -1.35. The molecule has 1 rings (SSSR count). The van der Waals surface area contributed by atoms with Gasteiger partial charge < -0.3 is 9.84 Å². The Kier molecular flexibility index (Phi) is 4.13. The van der Waals surface area contributed by atoms with Gasteiger partial charge in [-0.05, 0) is 5.56 Å². The molecule has 0 amide bonds. The van der Waals surface area contributed by atoms with Crippen molar-refractivity contribution in [1.29, 1.82) is 0 Å². The van der Waals surface area contributed by atoms with Crippen molar-refractivity contribution in [2.24, 2.45) is 0 Å². The first-order valence-electron chi connectivity index (χ1n) is 4.64. The lowest BCUT2D eigenvalue weighted by Gasteiger charge is -2.10. The van der Waals surface area contributed by atoms with Gasteiger partial charge in [0.25, 0.3) is 0 Å². The molecule has 0 aromatic heterocycles. The van der Waals surface area contributed by atoms with Gasteiger partial charge in [-0.3, -0.25) is 4.79 Å². The van der Waals surface area contributed by atoms with Crippen LogP contribution in [0.1, 0.15) is 18.9 Å². The first kappa shape index (κ1) is 10.7.